The summed E-state index contributed by atoms with van der Waals surface area (Å²) in [7, 11) is 0. The summed E-state index contributed by atoms with van der Waals surface area (Å²) in [5.41, 5.74) is 1.91. The lowest BCUT2D eigenvalue weighted by molar-refractivity contribution is -0.138. The van der Waals surface area contributed by atoms with Crippen molar-refractivity contribution in [3.05, 3.63) is 78.1 Å². The van der Waals surface area contributed by atoms with Gasteiger partial charge in [-0.2, -0.15) is 13.2 Å². The molecule has 0 aliphatic heterocycles. The van der Waals surface area contributed by atoms with Crippen molar-refractivity contribution in [1.29, 1.82) is 0 Å². The molecular formula is C23H18F3N3O2. The molecule has 4 rings (SSSR count). The SMILES string of the molecule is Cc1ccc(NC(=O)COc2cccc(-c3cnc4[nH]ccc4c3)c2)cc1C(F)(F)F. The average molecular weight is 425 g/mol. The van der Waals surface area contributed by atoms with Crippen molar-refractivity contribution < 1.29 is 22.7 Å². The highest BCUT2D eigenvalue weighted by Crippen LogP contribution is 2.33. The molecule has 0 spiro atoms. The van der Waals surface area contributed by atoms with E-state index < -0.39 is 17.6 Å². The molecule has 0 fully saturated rings. The minimum atomic E-state index is -4.49. The Bertz CT molecular complexity index is 1250. The second-order valence-corrected chi connectivity index (χ2v) is 7.03. The van der Waals surface area contributed by atoms with E-state index in [9.17, 15) is 18.0 Å². The first-order valence-corrected chi connectivity index (χ1v) is 9.44. The Balaban J connectivity index is 1.42. The summed E-state index contributed by atoms with van der Waals surface area (Å²) >= 11 is 0. The van der Waals surface area contributed by atoms with Crippen LogP contribution in [-0.4, -0.2) is 22.5 Å². The van der Waals surface area contributed by atoms with Crippen molar-refractivity contribution in [2.24, 2.45) is 0 Å². The number of alkyl halides is 3. The van der Waals surface area contributed by atoms with Gasteiger partial charge in [0.15, 0.2) is 6.61 Å². The minimum absolute atomic E-state index is 0.0613. The molecule has 0 aliphatic rings. The highest BCUT2D eigenvalue weighted by molar-refractivity contribution is 5.92. The number of halogens is 3. The number of ether oxygens (including phenoxy) is 1. The van der Waals surface area contributed by atoms with Gasteiger partial charge in [0.1, 0.15) is 11.4 Å². The summed E-state index contributed by atoms with van der Waals surface area (Å²) in [6, 6.07) is 14.7. The number of H-pyrrole nitrogens is 1. The number of anilines is 1. The number of carbonyl (C=O) groups excluding carboxylic acids is 1. The minimum Gasteiger partial charge on any atom is -0.484 e. The summed E-state index contributed by atoms with van der Waals surface area (Å²) in [5, 5.41) is 3.41. The molecule has 2 aromatic heterocycles. The quantitative estimate of drug-likeness (QED) is 0.439. The lowest BCUT2D eigenvalue weighted by atomic mass is 10.1. The molecule has 0 unspecified atom stereocenters. The summed E-state index contributed by atoms with van der Waals surface area (Å²) < 4.78 is 44.6. The van der Waals surface area contributed by atoms with Crippen LogP contribution in [0.25, 0.3) is 22.2 Å². The number of hydrogen-bond acceptors (Lipinski definition) is 3. The predicted octanol–water partition coefficient (Wildman–Crippen LogP) is 5.57. The van der Waals surface area contributed by atoms with Gasteiger partial charge in [0, 0.05) is 29.0 Å². The van der Waals surface area contributed by atoms with Crippen LogP contribution in [0.1, 0.15) is 11.1 Å². The summed E-state index contributed by atoms with van der Waals surface area (Å²) in [6.45, 7) is 1.03. The first kappa shape index (κ1) is 20.5. The molecule has 2 aromatic carbocycles. The van der Waals surface area contributed by atoms with Gasteiger partial charge in [0.05, 0.1) is 5.56 Å². The van der Waals surface area contributed by atoms with Crippen molar-refractivity contribution >= 4 is 22.6 Å². The molecule has 2 heterocycles. The number of amides is 1. The summed E-state index contributed by atoms with van der Waals surface area (Å²) in [6.07, 6.45) is -0.939. The molecule has 2 N–H and O–H groups in total. The van der Waals surface area contributed by atoms with E-state index in [0.717, 1.165) is 28.2 Å². The third kappa shape index (κ3) is 4.69. The molecular weight excluding hydrogens is 407 g/mol. The van der Waals surface area contributed by atoms with Crippen LogP contribution in [0.5, 0.6) is 5.75 Å². The van der Waals surface area contributed by atoms with Gasteiger partial charge in [0.2, 0.25) is 0 Å². The molecule has 0 saturated carbocycles. The fourth-order valence-corrected chi connectivity index (χ4v) is 3.21. The highest BCUT2D eigenvalue weighted by atomic mass is 19.4. The largest absolute Gasteiger partial charge is 0.484 e. The van der Waals surface area contributed by atoms with Gasteiger partial charge >= 0.3 is 6.18 Å². The number of rotatable bonds is 5. The van der Waals surface area contributed by atoms with Crippen LogP contribution in [0.4, 0.5) is 18.9 Å². The first-order valence-electron chi connectivity index (χ1n) is 9.44. The number of pyridine rings is 1. The van der Waals surface area contributed by atoms with Crippen LogP contribution >= 0.6 is 0 Å². The van der Waals surface area contributed by atoms with E-state index in [1.807, 2.05) is 24.4 Å². The van der Waals surface area contributed by atoms with Gasteiger partial charge in [0.25, 0.3) is 5.91 Å². The molecule has 4 aromatic rings. The molecule has 0 saturated heterocycles. The topological polar surface area (TPSA) is 67.0 Å². The zero-order valence-corrected chi connectivity index (χ0v) is 16.5. The van der Waals surface area contributed by atoms with E-state index in [0.29, 0.717) is 5.75 Å². The molecule has 5 nitrogen and oxygen atoms in total. The van der Waals surface area contributed by atoms with Gasteiger partial charge in [-0.3, -0.25) is 4.79 Å². The summed E-state index contributed by atoms with van der Waals surface area (Å²) in [4.78, 5) is 19.6. The van der Waals surface area contributed by atoms with Gasteiger partial charge in [-0.05, 0) is 54.4 Å². The van der Waals surface area contributed by atoms with E-state index in [1.165, 1.54) is 19.1 Å². The number of hydrogen-bond donors (Lipinski definition) is 2. The zero-order chi connectivity index (χ0) is 22.0. The first-order chi connectivity index (χ1) is 14.8. The zero-order valence-electron chi connectivity index (χ0n) is 16.5. The maximum absolute atomic E-state index is 13.0. The average Bonchev–Trinajstić information content (AvgIpc) is 3.21. The van der Waals surface area contributed by atoms with Gasteiger partial charge < -0.3 is 15.0 Å². The number of aromatic nitrogens is 2. The van der Waals surface area contributed by atoms with E-state index in [2.05, 4.69) is 15.3 Å². The maximum atomic E-state index is 13.0. The Hall–Kier alpha value is -3.81. The second kappa shape index (κ2) is 8.14. The Morgan fingerprint density at radius 3 is 2.74 bits per heavy atom. The third-order valence-electron chi connectivity index (χ3n) is 4.76. The molecule has 0 atom stereocenters. The highest BCUT2D eigenvalue weighted by Gasteiger charge is 2.32. The fraction of sp³-hybridized carbons (Fsp3) is 0.130. The van der Waals surface area contributed by atoms with Gasteiger partial charge in [-0.1, -0.05) is 18.2 Å². The molecule has 158 valence electrons. The predicted molar refractivity (Wildman–Crippen MR) is 112 cm³/mol. The second-order valence-electron chi connectivity index (χ2n) is 7.03. The third-order valence-corrected chi connectivity index (χ3v) is 4.76. The number of carbonyl (C=O) groups is 1. The Morgan fingerprint density at radius 2 is 1.94 bits per heavy atom. The van der Waals surface area contributed by atoms with Crippen molar-refractivity contribution in [3.8, 4) is 16.9 Å². The molecule has 8 heteroatoms. The van der Waals surface area contributed by atoms with Crippen molar-refractivity contribution in [3.63, 3.8) is 0 Å². The monoisotopic (exact) mass is 425 g/mol. The van der Waals surface area contributed by atoms with Crippen molar-refractivity contribution in [2.45, 2.75) is 13.1 Å². The molecule has 31 heavy (non-hydrogen) atoms. The number of benzene rings is 2. The van der Waals surface area contributed by atoms with E-state index in [-0.39, 0.29) is 17.9 Å². The smallest absolute Gasteiger partial charge is 0.416 e. The van der Waals surface area contributed by atoms with Crippen LogP contribution in [-0.2, 0) is 11.0 Å². The number of aromatic amines is 1. The number of nitrogens with zero attached hydrogens (tertiary/aromatic N) is 1. The van der Waals surface area contributed by atoms with Gasteiger partial charge in [-0.25, -0.2) is 4.98 Å². The van der Waals surface area contributed by atoms with Crippen LogP contribution in [0.3, 0.4) is 0 Å². The molecule has 0 bridgehead atoms. The standard InChI is InChI=1S/C23H18F3N3O2/c1-14-5-6-18(11-20(14)23(24,25)26)29-21(30)13-31-19-4-2-3-15(10-19)17-9-16-7-8-27-22(16)28-12-17/h2-12H,13H2,1H3,(H,27,28)(H,29,30). The van der Waals surface area contributed by atoms with Crippen molar-refractivity contribution in [1.82, 2.24) is 9.97 Å². The Kier molecular flexibility index (Phi) is 5.37. The van der Waals surface area contributed by atoms with Crippen LogP contribution in [0.15, 0.2) is 67.0 Å². The Morgan fingerprint density at radius 1 is 1.10 bits per heavy atom. The van der Waals surface area contributed by atoms with Crippen LogP contribution in [0, 0.1) is 6.92 Å². The number of aryl methyl sites for hydroxylation is 1. The molecule has 0 radical (unpaired) electrons. The van der Waals surface area contributed by atoms with Crippen molar-refractivity contribution in [2.75, 3.05) is 11.9 Å². The fourth-order valence-electron chi connectivity index (χ4n) is 3.21. The van der Waals surface area contributed by atoms with E-state index in [1.54, 1.807) is 24.4 Å². The van der Waals surface area contributed by atoms with Crippen LogP contribution < -0.4 is 10.1 Å². The van der Waals surface area contributed by atoms with E-state index >= 15 is 0 Å². The lowest BCUT2D eigenvalue weighted by Crippen LogP contribution is -2.20. The number of fused-ring (bicyclic) bond motifs is 1. The Labute approximate surface area is 175 Å². The normalized spacial score (nSPS) is 11.5. The van der Waals surface area contributed by atoms with E-state index in [4.69, 9.17) is 4.74 Å². The lowest BCUT2D eigenvalue weighted by Gasteiger charge is -2.13. The van der Waals surface area contributed by atoms with Gasteiger partial charge in [-0.15, -0.1) is 0 Å². The molecule has 1 amide bonds. The maximum Gasteiger partial charge on any atom is 0.416 e. The molecule has 0 aliphatic carbocycles. The van der Waals surface area contributed by atoms with Crippen LogP contribution in [0.2, 0.25) is 0 Å². The number of nitrogens with one attached hydrogen (secondary N) is 2. The summed E-state index contributed by atoms with van der Waals surface area (Å²) in [5.74, 6) is -0.0977.